The number of para-hydroxylation sites is 1. The maximum absolute atomic E-state index is 6.46. The molecular weight excluding hydrogens is 266 g/mol. The molecule has 0 fully saturated rings. The van der Waals surface area contributed by atoms with E-state index in [1.807, 2.05) is 30.3 Å². The number of fused-ring (bicyclic) bond motifs is 1. The van der Waals surface area contributed by atoms with Gasteiger partial charge in [0.1, 0.15) is 17.2 Å². The van der Waals surface area contributed by atoms with Crippen LogP contribution in [-0.4, -0.2) is 20.8 Å². The minimum absolute atomic E-state index is 0.293. The van der Waals surface area contributed by atoms with Crippen LogP contribution in [0.1, 0.15) is 22.7 Å². The summed E-state index contributed by atoms with van der Waals surface area (Å²) in [6, 6.07) is 11.5. The summed E-state index contributed by atoms with van der Waals surface area (Å²) in [4.78, 5) is 0. The third-order valence-corrected chi connectivity index (χ3v) is 3.86. The highest BCUT2D eigenvalue weighted by molar-refractivity contribution is 5.52. The van der Waals surface area contributed by atoms with Crippen LogP contribution < -0.4 is 19.9 Å². The van der Waals surface area contributed by atoms with Gasteiger partial charge in [0, 0.05) is 23.6 Å². The SMILES string of the molecule is COc1ccc(C(N)c2cccc3c2OCC3)c(OC)c1. The Morgan fingerprint density at radius 1 is 1.10 bits per heavy atom. The summed E-state index contributed by atoms with van der Waals surface area (Å²) in [5.74, 6) is 2.39. The highest BCUT2D eigenvalue weighted by Crippen LogP contribution is 2.38. The van der Waals surface area contributed by atoms with Gasteiger partial charge >= 0.3 is 0 Å². The summed E-state index contributed by atoms with van der Waals surface area (Å²) in [7, 11) is 3.27. The molecule has 0 amide bonds. The van der Waals surface area contributed by atoms with Crippen LogP contribution in [0.15, 0.2) is 36.4 Å². The van der Waals surface area contributed by atoms with E-state index in [0.717, 1.165) is 41.4 Å². The van der Waals surface area contributed by atoms with Gasteiger partial charge in [-0.3, -0.25) is 0 Å². The Balaban J connectivity index is 2.03. The van der Waals surface area contributed by atoms with E-state index in [1.54, 1.807) is 14.2 Å². The molecule has 0 saturated heterocycles. The second kappa shape index (κ2) is 5.66. The fraction of sp³-hybridized carbons (Fsp3) is 0.294. The zero-order valence-electron chi connectivity index (χ0n) is 12.3. The van der Waals surface area contributed by atoms with Crippen molar-refractivity contribution < 1.29 is 14.2 Å². The first-order chi connectivity index (χ1) is 10.2. The Hall–Kier alpha value is -2.20. The molecule has 0 saturated carbocycles. The lowest BCUT2D eigenvalue weighted by Crippen LogP contribution is -2.14. The first-order valence-corrected chi connectivity index (χ1v) is 6.96. The molecule has 0 spiro atoms. The molecule has 21 heavy (non-hydrogen) atoms. The van der Waals surface area contributed by atoms with Crippen LogP contribution in [0.4, 0.5) is 0 Å². The van der Waals surface area contributed by atoms with Crippen LogP contribution in [0.2, 0.25) is 0 Å². The molecule has 0 radical (unpaired) electrons. The first-order valence-electron chi connectivity index (χ1n) is 6.96. The van der Waals surface area contributed by atoms with Gasteiger partial charge in [0.05, 0.1) is 26.9 Å². The molecule has 1 aliphatic rings. The van der Waals surface area contributed by atoms with Crippen LogP contribution >= 0.6 is 0 Å². The molecule has 1 atom stereocenters. The van der Waals surface area contributed by atoms with Gasteiger partial charge in [0.15, 0.2) is 0 Å². The topological polar surface area (TPSA) is 53.7 Å². The zero-order valence-corrected chi connectivity index (χ0v) is 12.3. The summed E-state index contributed by atoms with van der Waals surface area (Å²) in [6.45, 7) is 0.721. The Morgan fingerprint density at radius 3 is 2.71 bits per heavy atom. The minimum Gasteiger partial charge on any atom is -0.497 e. The van der Waals surface area contributed by atoms with E-state index in [4.69, 9.17) is 19.9 Å². The molecule has 110 valence electrons. The number of nitrogens with two attached hydrogens (primary N) is 1. The van der Waals surface area contributed by atoms with Crippen molar-refractivity contribution in [1.29, 1.82) is 0 Å². The number of methoxy groups -OCH3 is 2. The number of rotatable bonds is 4. The average Bonchev–Trinajstić information content (AvgIpc) is 3.02. The number of ether oxygens (including phenoxy) is 3. The monoisotopic (exact) mass is 285 g/mol. The van der Waals surface area contributed by atoms with E-state index in [9.17, 15) is 0 Å². The summed E-state index contributed by atoms with van der Waals surface area (Å²) < 4.78 is 16.4. The van der Waals surface area contributed by atoms with Crippen molar-refractivity contribution in [1.82, 2.24) is 0 Å². The molecule has 0 aliphatic carbocycles. The van der Waals surface area contributed by atoms with Gasteiger partial charge in [0.25, 0.3) is 0 Å². The molecule has 2 aromatic rings. The molecule has 2 N–H and O–H groups in total. The molecule has 4 heteroatoms. The number of hydrogen-bond donors (Lipinski definition) is 1. The minimum atomic E-state index is -0.293. The van der Waals surface area contributed by atoms with E-state index in [2.05, 4.69) is 6.07 Å². The molecule has 4 nitrogen and oxygen atoms in total. The average molecular weight is 285 g/mol. The van der Waals surface area contributed by atoms with E-state index in [0.29, 0.717) is 0 Å². The van der Waals surface area contributed by atoms with Gasteiger partial charge in [-0.05, 0) is 17.7 Å². The Kier molecular flexibility index (Phi) is 3.71. The summed E-state index contributed by atoms with van der Waals surface area (Å²) in [5, 5.41) is 0. The first kappa shape index (κ1) is 13.8. The summed E-state index contributed by atoms with van der Waals surface area (Å²) in [6.07, 6.45) is 0.940. The van der Waals surface area contributed by atoms with Crippen molar-refractivity contribution in [2.45, 2.75) is 12.5 Å². The molecule has 3 rings (SSSR count). The van der Waals surface area contributed by atoms with E-state index >= 15 is 0 Å². The van der Waals surface area contributed by atoms with Crippen LogP contribution in [-0.2, 0) is 6.42 Å². The lowest BCUT2D eigenvalue weighted by atomic mass is 9.96. The van der Waals surface area contributed by atoms with E-state index < -0.39 is 0 Å². The second-order valence-corrected chi connectivity index (χ2v) is 5.02. The van der Waals surface area contributed by atoms with E-state index in [-0.39, 0.29) is 6.04 Å². The Bertz CT molecular complexity index is 654. The number of hydrogen-bond acceptors (Lipinski definition) is 4. The maximum atomic E-state index is 6.46. The maximum Gasteiger partial charge on any atom is 0.127 e. The van der Waals surface area contributed by atoms with Crippen LogP contribution in [0.5, 0.6) is 17.2 Å². The van der Waals surface area contributed by atoms with Crippen LogP contribution in [0, 0.1) is 0 Å². The summed E-state index contributed by atoms with van der Waals surface area (Å²) >= 11 is 0. The third kappa shape index (κ3) is 2.43. The van der Waals surface area contributed by atoms with Crippen molar-refractivity contribution in [2.24, 2.45) is 5.73 Å². The van der Waals surface area contributed by atoms with Gasteiger partial charge in [-0.1, -0.05) is 18.2 Å². The fourth-order valence-corrected chi connectivity index (χ4v) is 2.73. The van der Waals surface area contributed by atoms with E-state index in [1.165, 1.54) is 5.56 Å². The summed E-state index contributed by atoms with van der Waals surface area (Å²) in [5.41, 5.74) is 9.59. The van der Waals surface area contributed by atoms with Gasteiger partial charge in [-0.15, -0.1) is 0 Å². The smallest absolute Gasteiger partial charge is 0.127 e. The number of benzene rings is 2. The Morgan fingerprint density at radius 2 is 1.95 bits per heavy atom. The van der Waals surface area contributed by atoms with Crippen molar-refractivity contribution in [2.75, 3.05) is 20.8 Å². The molecule has 2 aromatic carbocycles. The highest BCUT2D eigenvalue weighted by Gasteiger charge is 2.23. The fourth-order valence-electron chi connectivity index (χ4n) is 2.73. The molecule has 1 aliphatic heterocycles. The normalized spacial score (nSPS) is 14.2. The molecule has 1 heterocycles. The quantitative estimate of drug-likeness (QED) is 0.938. The van der Waals surface area contributed by atoms with Crippen LogP contribution in [0.3, 0.4) is 0 Å². The third-order valence-electron chi connectivity index (χ3n) is 3.86. The van der Waals surface area contributed by atoms with Crippen molar-refractivity contribution in [3.05, 3.63) is 53.1 Å². The standard InChI is InChI=1S/C17H19NO3/c1-19-12-6-7-13(15(10-12)20-2)16(18)14-5-3-4-11-8-9-21-17(11)14/h3-7,10,16H,8-9,18H2,1-2H3. The highest BCUT2D eigenvalue weighted by atomic mass is 16.5. The molecular formula is C17H19NO3. The van der Waals surface area contributed by atoms with Crippen molar-refractivity contribution in [3.63, 3.8) is 0 Å². The van der Waals surface area contributed by atoms with Gasteiger partial charge in [-0.25, -0.2) is 0 Å². The molecule has 1 unspecified atom stereocenters. The zero-order chi connectivity index (χ0) is 14.8. The van der Waals surface area contributed by atoms with Crippen molar-refractivity contribution in [3.8, 4) is 17.2 Å². The van der Waals surface area contributed by atoms with Gasteiger partial charge < -0.3 is 19.9 Å². The lowest BCUT2D eigenvalue weighted by molar-refractivity contribution is 0.351. The molecule has 0 bridgehead atoms. The van der Waals surface area contributed by atoms with Crippen molar-refractivity contribution >= 4 is 0 Å². The second-order valence-electron chi connectivity index (χ2n) is 5.02. The largest absolute Gasteiger partial charge is 0.497 e. The predicted molar refractivity (Wildman–Crippen MR) is 81.2 cm³/mol. The molecule has 0 aromatic heterocycles. The predicted octanol–water partition coefficient (Wildman–Crippen LogP) is 2.69. The lowest BCUT2D eigenvalue weighted by Gasteiger charge is -2.19. The van der Waals surface area contributed by atoms with Crippen LogP contribution in [0.25, 0.3) is 0 Å². The Labute approximate surface area is 124 Å². The van der Waals surface area contributed by atoms with Gasteiger partial charge in [0.2, 0.25) is 0 Å². The van der Waals surface area contributed by atoms with Gasteiger partial charge in [-0.2, -0.15) is 0 Å².